The Morgan fingerprint density at radius 1 is 1.29 bits per heavy atom. The maximum Gasteiger partial charge on any atom is 0.326 e. The Balaban J connectivity index is 2.06. The van der Waals surface area contributed by atoms with Crippen molar-refractivity contribution >= 4 is 28.3 Å². The lowest BCUT2D eigenvalue weighted by atomic mass is 10.3. The molecule has 3 aromatic rings. The molecule has 4 nitrogen and oxygen atoms in total. The quantitative estimate of drug-likeness (QED) is 0.690. The van der Waals surface area contributed by atoms with Gasteiger partial charge >= 0.3 is 5.97 Å². The lowest BCUT2D eigenvalue weighted by molar-refractivity contribution is -0.147. The molecule has 0 N–H and O–H groups in total. The number of carbonyl (C=O) groups excluding carboxylic acids is 1. The first-order chi connectivity index (χ1) is 10.1. The summed E-state index contributed by atoms with van der Waals surface area (Å²) in [5.41, 5.74) is 1.83. The predicted octanol–water partition coefficient (Wildman–Crippen LogP) is 3.72. The van der Waals surface area contributed by atoms with Gasteiger partial charge in [0.2, 0.25) is 0 Å². The van der Waals surface area contributed by atoms with E-state index in [1.165, 1.54) is 0 Å². The third-order valence-corrected chi connectivity index (χ3v) is 3.92. The maximum absolute atomic E-state index is 12.0. The van der Waals surface area contributed by atoms with Crippen LogP contribution >= 0.6 is 11.3 Å². The Hall–Kier alpha value is -2.14. The number of rotatable bonds is 4. The molecule has 0 spiro atoms. The Morgan fingerprint density at radius 2 is 2.10 bits per heavy atom. The van der Waals surface area contributed by atoms with Gasteiger partial charge in [0.05, 0.1) is 22.0 Å². The van der Waals surface area contributed by atoms with E-state index in [0.29, 0.717) is 0 Å². The molecule has 0 aliphatic heterocycles. The van der Waals surface area contributed by atoms with Crippen molar-refractivity contribution in [3.63, 3.8) is 0 Å². The van der Waals surface area contributed by atoms with Crippen LogP contribution < -0.4 is 0 Å². The van der Waals surface area contributed by atoms with Crippen LogP contribution in [0.5, 0.6) is 0 Å². The van der Waals surface area contributed by atoms with Crippen molar-refractivity contribution in [1.29, 1.82) is 0 Å². The summed E-state index contributed by atoms with van der Waals surface area (Å²) in [6.45, 7) is 3.88. The molecule has 2 aromatic heterocycles. The summed E-state index contributed by atoms with van der Waals surface area (Å²) < 4.78 is 7.18. The van der Waals surface area contributed by atoms with E-state index in [-0.39, 0.29) is 18.6 Å². The van der Waals surface area contributed by atoms with Crippen LogP contribution in [-0.2, 0) is 16.1 Å². The molecule has 0 aliphatic carbocycles. The minimum atomic E-state index is -0.244. The van der Waals surface area contributed by atoms with E-state index in [2.05, 4.69) is 4.98 Å². The molecule has 3 rings (SSSR count). The minimum absolute atomic E-state index is 0.113. The number of aromatic nitrogens is 2. The van der Waals surface area contributed by atoms with Gasteiger partial charge in [0.25, 0.3) is 0 Å². The summed E-state index contributed by atoms with van der Waals surface area (Å²) in [5, 5.41) is 2.01. The maximum atomic E-state index is 12.0. The van der Waals surface area contributed by atoms with Gasteiger partial charge in [0, 0.05) is 0 Å². The molecule has 1 aromatic carbocycles. The smallest absolute Gasteiger partial charge is 0.326 e. The van der Waals surface area contributed by atoms with Gasteiger partial charge < -0.3 is 9.30 Å². The highest BCUT2D eigenvalue weighted by Gasteiger charge is 2.16. The van der Waals surface area contributed by atoms with E-state index in [0.717, 1.165) is 21.7 Å². The number of carbonyl (C=O) groups is 1. The topological polar surface area (TPSA) is 44.1 Å². The van der Waals surface area contributed by atoms with Crippen LogP contribution in [0.2, 0.25) is 0 Å². The molecule has 0 saturated heterocycles. The van der Waals surface area contributed by atoms with Crippen molar-refractivity contribution in [2.75, 3.05) is 0 Å². The standard InChI is InChI=1S/C16H16N2O2S/c1-11(2)20-15(19)10-18-13-7-4-3-6-12(13)17-16(18)14-8-5-9-21-14/h3-9,11H,10H2,1-2H3. The summed E-state index contributed by atoms with van der Waals surface area (Å²) in [7, 11) is 0. The van der Waals surface area contributed by atoms with Gasteiger partial charge in [-0.05, 0) is 37.4 Å². The van der Waals surface area contributed by atoms with E-state index >= 15 is 0 Å². The second-order valence-corrected chi connectivity index (χ2v) is 5.97. The molecular formula is C16H16N2O2S. The molecule has 0 bridgehead atoms. The van der Waals surface area contributed by atoms with Crippen LogP contribution in [-0.4, -0.2) is 21.6 Å². The molecule has 0 atom stereocenters. The van der Waals surface area contributed by atoms with Gasteiger partial charge in [-0.15, -0.1) is 11.3 Å². The van der Waals surface area contributed by atoms with Crippen molar-refractivity contribution in [3.05, 3.63) is 41.8 Å². The first-order valence-corrected chi connectivity index (χ1v) is 7.72. The molecule has 5 heteroatoms. The van der Waals surface area contributed by atoms with Crippen LogP contribution in [0, 0.1) is 0 Å². The molecule has 21 heavy (non-hydrogen) atoms. The summed E-state index contributed by atoms with van der Waals surface area (Å²) in [4.78, 5) is 17.7. The van der Waals surface area contributed by atoms with Crippen LogP contribution in [0.15, 0.2) is 41.8 Å². The highest BCUT2D eigenvalue weighted by atomic mass is 32.1. The van der Waals surface area contributed by atoms with Crippen LogP contribution in [0.1, 0.15) is 13.8 Å². The normalized spacial score (nSPS) is 11.2. The second-order valence-electron chi connectivity index (χ2n) is 5.03. The second kappa shape index (κ2) is 5.69. The van der Waals surface area contributed by atoms with Crippen LogP contribution in [0.3, 0.4) is 0 Å². The number of esters is 1. The molecule has 108 valence electrons. The Bertz CT molecular complexity index is 760. The number of hydrogen-bond acceptors (Lipinski definition) is 4. The van der Waals surface area contributed by atoms with E-state index in [9.17, 15) is 4.79 Å². The van der Waals surface area contributed by atoms with Gasteiger partial charge in [-0.25, -0.2) is 4.98 Å². The minimum Gasteiger partial charge on any atom is -0.462 e. The van der Waals surface area contributed by atoms with Gasteiger partial charge in [-0.1, -0.05) is 18.2 Å². The van der Waals surface area contributed by atoms with Crippen LogP contribution in [0.4, 0.5) is 0 Å². The highest BCUT2D eigenvalue weighted by Crippen LogP contribution is 2.28. The SMILES string of the molecule is CC(C)OC(=O)Cn1c(-c2cccs2)nc2ccccc21. The third kappa shape index (κ3) is 2.83. The summed E-state index contributed by atoms with van der Waals surface area (Å²) >= 11 is 1.61. The van der Waals surface area contributed by atoms with E-state index in [1.54, 1.807) is 11.3 Å². The van der Waals surface area contributed by atoms with Gasteiger partial charge in [0.1, 0.15) is 6.54 Å². The van der Waals surface area contributed by atoms with E-state index in [4.69, 9.17) is 4.74 Å². The number of imidazole rings is 1. The zero-order valence-electron chi connectivity index (χ0n) is 11.9. The van der Waals surface area contributed by atoms with E-state index in [1.807, 2.05) is 60.2 Å². The first kappa shape index (κ1) is 13.8. The summed E-state index contributed by atoms with van der Waals surface area (Å²) in [5.74, 6) is 0.567. The monoisotopic (exact) mass is 300 g/mol. The number of fused-ring (bicyclic) bond motifs is 1. The lowest BCUT2D eigenvalue weighted by Crippen LogP contribution is -2.18. The van der Waals surface area contributed by atoms with Crippen molar-refractivity contribution in [3.8, 4) is 10.7 Å². The predicted molar refractivity (Wildman–Crippen MR) is 84.3 cm³/mol. The van der Waals surface area contributed by atoms with Gasteiger partial charge in [-0.3, -0.25) is 4.79 Å². The largest absolute Gasteiger partial charge is 0.462 e. The number of ether oxygens (including phenoxy) is 1. The van der Waals surface area contributed by atoms with Crippen molar-refractivity contribution < 1.29 is 9.53 Å². The number of thiophene rings is 1. The molecular weight excluding hydrogens is 284 g/mol. The zero-order valence-corrected chi connectivity index (χ0v) is 12.8. The number of para-hydroxylation sites is 2. The number of hydrogen-bond donors (Lipinski definition) is 0. The molecule has 0 aliphatic rings. The summed E-state index contributed by atoms with van der Waals surface area (Å²) in [6, 6.07) is 11.8. The fourth-order valence-corrected chi connectivity index (χ4v) is 2.98. The number of benzene rings is 1. The fraction of sp³-hybridized carbons (Fsp3) is 0.250. The zero-order chi connectivity index (χ0) is 14.8. The fourth-order valence-electron chi connectivity index (χ4n) is 2.26. The van der Waals surface area contributed by atoms with Crippen molar-refractivity contribution in [1.82, 2.24) is 9.55 Å². The molecule has 0 saturated carbocycles. The van der Waals surface area contributed by atoms with Crippen molar-refractivity contribution in [2.24, 2.45) is 0 Å². The van der Waals surface area contributed by atoms with E-state index < -0.39 is 0 Å². The summed E-state index contributed by atoms with van der Waals surface area (Å²) in [6.07, 6.45) is -0.113. The molecule has 0 amide bonds. The molecule has 0 radical (unpaired) electrons. The number of nitrogens with zero attached hydrogens (tertiary/aromatic N) is 2. The van der Waals surface area contributed by atoms with Crippen molar-refractivity contribution in [2.45, 2.75) is 26.5 Å². The highest BCUT2D eigenvalue weighted by molar-refractivity contribution is 7.13. The van der Waals surface area contributed by atoms with Gasteiger partial charge in [-0.2, -0.15) is 0 Å². The lowest BCUT2D eigenvalue weighted by Gasteiger charge is -2.10. The Morgan fingerprint density at radius 3 is 2.81 bits per heavy atom. The average molecular weight is 300 g/mol. The molecule has 0 unspecified atom stereocenters. The molecule has 2 heterocycles. The Labute approximate surface area is 127 Å². The Kier molecular flexibility index (Phi) is 3.75. The third-order valence-electron chi connectivity index (χ3n) is 3.05. The van der Waals surface area contributed by atoms with Crippen LogP contribution in [0.25, 0.3) is 21.7 Å². The first-order valence-electron chi connectivity index (χ1n) is 6.84. The molecule has 0 fully saturated rings. The average Bonchev–Trinajstić information content (AvgIpc) is 3.06. The van der Waals surface area contributed by atoms with Gasteiger partial charge in [0.15, 0.2) is 5.82 Å².